The molecular formula is C10H10Cl2N4O2. The van der Waals surface area contributed by atoms with E-state index < -0.39 is 5.97 Å². The number of nitrogens with zero attached hydrogens (tertiary/aromatic N) is 2. The Morgan fingerprint density at radius 3 is 2.61 bits per heavy atom. The highest BCUT2D eigenvalue weighted by atomic mass is 35.5. The van der Waals surface area contributed by atoms with Crippen LogP contribution in [0.3, 0.4) is 0 Å². The van der Waals surface area contributed by atoms with E-state index in [2.05, 4.69) is 20.5 Å². The molecule has 0 unspecified atom stereocenters. The molecule has 0 aliphatic heterocycles. The second kappa shape index (κ2) is 6.83. The Morgan fingerprint density at radius 1 is 1.44 bits per heavy atom. The highest BCUT2D eigenvalue weighted by molar-refractivity contribution is 6.38. The predicted molar refractivity (Wildman–Crippen MR) is 70.6 cm³/mol. The lowest BCUT2D eigenvalue weighted by molar-refractivity contribution is -0.145. The molecule has 3 N–H and O–H groups in total. The van der Waals surface area contributed by atoms with Crippen LogP contribution in [0.5, 0.6) is 0 Å². The normalized spacial score (nSPS) is 11.6. The molecule has 0 amide bonds. The lowest BCUT2D eigenvalue weighted by Crippen LogP contribution is -2.32. The van der Waals surface area contributed by atoms with Gasteiger partial charge in [0.05, 0.1) is 16.3 Å². The number of carbonyl (C=O) groups is 1. The number of carbonyl (C=O) groups excluding carboxylic acids is 1. The Kier molecular flexibility index (Phi) is 5.41. The molecule has 8 heteroatoms. The molecule has 0 spiro atoms. The Bertz CT molecular complexity index is 482. The average molecular weight is 289 g/mol. The first-order valence-electron chi connectivity index (χ1n) is 4.74. The van der Waals surface area contributed by atoms with E-state index in [0.29, 0.717) is 15.6 Å². The van der Waals surface area contributed by atoms with Crippen molar-refractivity contribution >= 4 is 41.3 Å². The third kappa shape index (κ3) is 4.60. The Labute approximate surface area is 113 Å². The summed E-state index contributed by atoms with van der Waals surface area (Å²) in [5, 5.41) is 8.06. The van der Waals surface area contributed by atoms with Gasteiger partial charge >= 0.3 is 5.97 Å². The van der Waals surface area contributed by atoms with Crippen molar-refractivity contribution in [3.8, 4) is 0 Å². The van der Waals surface area contributed by atoms with E-state index in [0.717, 1.165) is 0 Å². The van der Waals surface area contributed by atoms with Crippen molar-refractivity contribution in [1.82, 2.24) is 5.48 Å². The minimum atomic E-state index is -0.550. The summed E-state index contributed by atoms with van der Waals surface area (Å²) in [5.74, 6) is -0.726. The van der Waals surface area contributed by atoms with Crippen molar-refractivity contribution in [2.75, 3.05) is 0 Å². The number of hydrogen-bond acceptors (Lipinski definition) is 4. The molecule has 96 valence electrons. The highest BCUT2D eigenvalue weighted by Gasteiger charge is 2.01. The number of benzene rings is 1. The van der Waals surface area contributed by atoms with E-state index in [1.807, 2.05) is 0 Å². The first-order valence-corrected chi connectivity index (χ1v) is 5.50. The molecular weight excluding hydrogens is 279 g/mol. The van der Waals surface area contributed by atoms with Crippen molar-refractivity contribution in [1.29, 1.82) is 0 Å². The van der Waals surface area contributed by atoms with E-state index in [-0.39, 0.29) is 5.96 Å². The summed E-state index contributed by atoms with van der Waals surface area (Å²) in [6.45, 7) is 1.22. The molecule has 18 heavy (non-hydrogen) atoms. The minimum Gasteiger partial charge on any atom is -0.366 e. The summed E-state index contributed by atoms with van der Waals surface area (Å²) in [6.07, 6.45) is 1.34. The number of guanidine groups is 1. The van der Waals surface area contributed by atoms with Crippen molar-refractivity contribution in [3.63, 3.8) is 0 Å². The van der Waals surface area contributed by atoms with Crippen LogP contribution in [-0.4, -0.2) is 18.1 Å². The van der Waals surface area contributed by atoms with Crippen LogP contribution >= 0.6 is 23.2 Å². The standard InChI is InChI=1S/C10H10Cl2N4O2/c1-6(17)18-16-10(13)15-14-5-7-8(11)3-2-4-9(7)12/h2-5H,1H3,(H3,13,15,16). The van der Waals surface area contributed by atoms with Crippen LogP contribution in [-0.2, 0) is 9.63 Å². The molecule has 0 aliphatic rings. The van der Waals surface area contributed by atoms with Gasteiger partial charge in [-0.05, 0) is 12.1 Å². The summed E-state index contributed by atoms with van der Waals surface area (Å²) in [6, 6.07) is 5.04. The highest BCUT2D eigenvalue weighted by Crippen LogP contribution is 2.22. The van der Waals surface area contributed by atoms with Gasteiger partial charge in [0.2, 0.25) is 5.96 Å². The molecule has 6 nitrogen and oxygen atoms in total. The molecule has 0 fully saturated rings. The van der Waals surface area contributed by atoms with E-state index in [1.54, 1.807) is 18.2 Å². The van der Waals surface area contributed by atoms with Gasteiger partial charge in [-0.25, -0.2) is 0 Å². The van der Waals surface area contributed by atoms with Gasteiger partial charge in [-0.15, -0.1) is 5.10 Å². The fourth-order valence-corrected chi connectivity index (χ4v) is 1.42. The Morgan fingerprint density at radius 2 is 2.06 bits per heavy atom. The fourth-order valence-electron chi connectivity index (χ4n) is 0.927. The van der Waals surface area contributed by atoms with Crippen LogP contribution in [0.4, 0.5) is 0 Å². The maximum absolute atomic E-state index is 10.5. The molecule has 0 radical (unpaired) electrons. The van der Waals surface area contributed by atoms with Crippen molar-refractivity contribution in [3.05, 3.63) is 33.8 Å². The number of hydrogen-bond donors (Lipinski definition) is 2. The van der Waals surface area contributed by atoms with Gasteiger partial charge < -0.3 is 10.6 Å². The van der Waals surface area contributed by atoms with E-state index >= 15 is 0 Å². The largest absolute Gasteiger partial charge is 0.366 e. The van der Waals surface area contributed by atoms with Gasteiger partial charge in [-0.1, -0.05) is 29.3 Å². The van der Waals surface area contributed by atoms with Gasteiger partial charge in [-0.2, -0.15) is 10.6 Å². The summed E-state index contributed by atoms with van der Waals surface area (Å²) in [5.41, 5.74) is 7.96. The molecule has 0 heterocycles. The van der Waals surface area contributed by atoms with Gasteiger partial charge in [0, 0.05) is 12.5 Å². The molecule has 0 bridgehead atoms. The summed E-state index contributed by atoms with van der Waals surface area (Å²) in [7, 11) is 0. The average Bonchev–Trinajstić information content (AvgIpc) is 2.30. The quantitative estimate of drug-likeness (QED) is 0.493. The zero-order chi connectivity index (χ0) is 13.5. The Hall–Kier alpha value is -1.79. The first-order chi connectivity index (χ1) is 8.50. The molecule has 0 aromatic heterocycles. The smallest absolute Gasteiger partial charge is 0.329 e. The topological polar surface area (TPSA) is 89.1 Å². The lowest BCUT2D eigenvalue weighted by atomic mass is 10.2. The molecule has 1 rings (SSSR count). The molecule has 0 saturated heterocycles. The van der Waals surface area contributed by atoms with Gasteiger partial charge in [0.25, 0.3) is 0 Å². The number of hydroxylamine groups is 1. The molecule has 0 saturated carbocycles. The van der Waals surface area contributed by atoms with Crippen LogP contribution < -0.4 is 11.2 Å². The number of nitrogens with two attached hydrogens (primary N) is 1. The number of halogens is 2. The number of nitrogens with one attached hydrogen (secondary N) is 1. The molecule has 0 aliphatic carbocycles. The second-order valence-electron chi connectivity index (χ2n) is 3.06. The van der Waals surface area contributed by atoms with Crippen molar-refractivity contribution in [2.24, 2.45) is 15.9 Å². The monoisotopic (exact) mass is 288 g/mol. The zero-order valence-electron chi connectivity index (χ0n) is 9.35. The van der Waals surface area contributed by atoms with Gasteiger partial charge in [0.15, 0.2) is 0 Å². The van der Waals surface area contributed by atoms with E-state index in [1.165, 1.54) is 13.1 Å². The lowest BCUT2D eigenvalue weighted by Gasteiger charge is -2.01. The molecule has 1 aromatic carbocycles. The third-order valence-electron chi connectivity index (χ3n) is 1.65. The maximum Gasteiger partial charge on any atom is 0.329 e. The third-order valence-corrected chi connectivity index (χ3v) is 2.31. The SMILES string of the molecule is CC(=O)ONC(N)=NN=Cc1c(Cl)cccc1Cl. The molecule has 1 aromatic rings. The maximum atomic E-state index is 10.5. The van der Waals surface area contributed by atoms with Crippen LogP contribution in [0.25, 0.3) is 0 Å². The van der Waals surface area contributed by atoms with Crippen LogP contribution in [0.2, 0.25) is 10.0 Å². The van der Waals surface area contributed by atoms with Crippen molar-refractivity contribution < 1.29 is 9.63 Å². The van der Waals surface area contributed by atoms with E-state index in [9.17, 15) is 4.79 Å². The van der Waals surface area contributed by atoms with Gasteiger partial charge in [0.1, 0.15) is 0 Å². The van der Waals surface area contributed by atoms with Crippen LogP contribution in [0, 0.1) is 0 Å². The van der Waals surface area contributed by atoms with Crippen molar-refractivity contribution in [2.45, 2.75) is 6.92 Å². The summed E-state index contributed by atoms with van der Waals surface area (Å²) in [4.78, 5) is 14.8. The summed E-state index contributed by atoms with van der Waals surface area (Å²) < 4.78 is 0. The Balaban J connectivity index is 2.70. The van der Waals surface area contributed by atoms with E-state index in [4.69, 9.17) is 28.9 Å². The fraction of sp³-hybridized carbons (Fsp3) is 0.100. The number of rotatable bonds is 2. The van der Waals surface area contributed by atoms with Gasteiger partial charge in [-0.3, -0.25) is 4.79 Å². The minimum absolute atomic E-state index is 0.176. The van der Waals surface area contributed by atoms with Crippen LogP contribution in [0.15, 0.2) is 28.4 Å². The van der Waals surface area contributed by atoms with Crippen LogP contribution in [0.1, 0.15) is 12.5 Å². The summed E-state index contributed by atoms with van der Waals surface area (Å²) >= 11 is 11.8. The predicted octanol–water partition coefficient (Wildman–Crippen LogP) is 1.71. The first kappa shape index (κ1) is 14.3. The zero-order valence-corrected chi connectivity index (χ0v) is 10.9. The second-order valence-corrected chi connectivity index (χ2v) is 3.88. The molecule has 0 atom stereocenters.